The van der Waals surface area contributed by atoms with Gasteiger partial charge in [-0.1, -0.05) is 83.1 Å². The molecule has 0 amide bonds. The third kappa shape index (κ3) is 4.23. The molecule has 2 heteroatoms. The van der Waals surface area contributed by atoms with Gasteiger partial charge in [0, 0.05) is 25.2 Å². The van der Waals surface area contributed by atoms with Crippen LogP contribution in [0.25, 0.3) is 11.1 Å². The highest BCUT2D eigenvalue weighted by molar-refractivity contribution is 6.70. The fraction of sp³-hybridized carbons (Fsp3) is 0.357. The first-order valence-corrected chi connectivity index (χ1v) is 10.8. The summed E-state index contributed by atoms with van der Waals surface area (Å²) in [4.78, 5) is 9.35. The second kappa shape index (κ2) is 8.55. The van der Waals surface area contributed by atoms with Crippen LogP contribution in [0.5, 0.6) is 0 Å². The van der Waals surface area contributed by atoms with Crippen molar-refractivity contribution in [3.05, 3.63) is 82.4 Å². The average molecular weight is 399 g/mol. The van der Waals surface area contributed by atoms with Gasteiger partial charge in [0.1, 0.15) is 0 Å². The van der Waals surface area contributed by atoms with E-state index in [1.807, 2.05) is 14.1 Å². The van der Waals surface area contributed by atoms with Gasteiger partial charge in [-0.25, -0.2) is 0 Å². The monoisotopic (exact) mass is 398 g/mol. The van der Waals surface area contributed by atoms with E-state index in [9.17, 15) is 0 Å². The summed E-state index contributed by atoms with van der Waals surface area (Å²) in [6.07, 6.45) is 2.26. The third-order valence-electron chi connectivity index (χ3n) is 5.85. The standard InChI is InChI=1S/C28H34N2/c1-18(2)20-9-11-21(12-10-20)24-17-19(3)25(27(30-8)26(24)29-7)22-13-15-23(16-14-22)28(4,5)6/h9-18H,1-8H3. The maximum Gasteiger partial charge on any atom is 0.0910 e. The molecule has 0 aromatic heterocycles. The van der Waals surface area contributed by atoms with Crippen molar-refractivity contribution in [3.8, 4) is 0 Å². The van der Waals surface area contributed by atoms with E-state index in [1.54, 1.807) is 0 Å². The van der Waals surface area contributed by atoms with Crippen LogP contribution in [0.4, 0.5) is 0 Å². The van der Waals surface area contributed by atoms with Crippen molar-refractivity contribution in [1.82, 2.24) is 0 Å². The van der Waals surface area contributed by atoms with E-state index in [0.717, 1.165) is 17.0 Å². The zero-order chi connectivity index (χ0) is 22.1. The summed E-state index contributed by atoms with van der Waals surface area (Å²) >= 11 is 0. The van der Waals surface area contributed by atoms with Crippen LogP contribution in [0.15, 0.2) is 70.2 Å². The van der Waals surface area contributed by atoms with Crippen LogP contribution < -0.4 is 0 Å². The van der Waals surface area contributed by atoms with Gasteiger partial charge in [0.15, 0.2) is 0 Å². The molecule has 0 N–H and O–H groups in total. The predicted molar refractivity (Wildman–Crippen MR) is 133 cm³/mol. The molecular weight excluding hydrogens is 364 g/mol. The van der Waals surface area contributed by atoms with Gasteiger partial charge in [0.2, 0.25) is 0 Å². The van der Waals surface area contributed by atoms with E-state index in [0.29, 0.717) is 5.92 Å². The van der Waals surface area contributed by atoms with Crippen LogP contribution in [-0.2, 0) is 5.41 Å². The molecule has 2 aromatic carbocycles. The molecule has 0 bridgehead atoms. The number of rotatable bonds is 3. The van der Waals surface area contributed by atoms with Gasteiger partial charge in [-0.05, 0) is 52.2 Å². The Morgan fingerprint density at radius 3 is 1.73 bits per heavy atom. The fourth-order valence-electron chi connectivity index (χ4n) is 4.00. The summed E-state index contributed by atoms with van der Waals surface area (Å²) in [7, 11) is 3.72. The van der Waals surface area contributed by atoms with Crippen molar-refractivity contribution in [3.63, 3.8) is 0 Å². The lowest BCUT2D eigenvalue weighted by Gasteiger charge is -2.24. The summed E-state index contributed by atoms with van der Waals surface area (Å²) in [6, 6.07) is 17.7. The zero-order valence-electron chi connectivity index (χ0n) is 19.7. The summed E-state index contributed by atoms with van der Waals surface area (Å²) in [6.45, 7) is 13.3. The molecule has 0 atom stereocenters. The molecule has 0 saturated carbocycles. The van der Waals surface area contributed by atoms with Crippen LogP contribution >= 0.6 is 0 Å². The Hall–Kier alpha value is -2.74. The largest absolute Gasteiger partial charge is 0.286 e. The molecule has 0 fully saturated rings. The molecule has 0 unspecified atom stereocenters. The van der Waals surface area contributed by atoms with Gasteiger partial charge < -0.3 is 0 Å². The molecule has 2 nitrogen and oxygen atoms in total. The minimum absolute atomic E-state index is 0.140. The van der Waals surface area contributed by atoms with Gasteiger partial charge >= 0.3 is 0 Å². The molecule has 0 radical (unpaired) electrons. The number of benzene rings is 2. The highest BCUT2D eigenvalue weighted by Gasteiger charge is 2.26. The molecule has 0 aliphatic heterocycles. The third-order valence-corrected chi connectivity index (χ3v) is 5.85. The van der Waals surface area contributed by atoms with Crippen LogP contribution in [0.1, 0.15) is 69.7 Å². The Balaban J connectivity index is 2.12. The maximum absolute atomic E-state index is 4.69. The van der Waals surface area contributed by atoms with Crippen LogP contribution in [0.2, 0.25) is 0 Å². The van der Waals surface area contributed by atoms with E-state index in [2.05, 4.69) is 106 Å². The van der Waals surface area contributed by atoms with Crippen molar-refractivity contribution in [2.45, 2.75) is 52.9 Å². The Labute approximate surface area is 182 Å². The second-order valence-corrected chi connectivity index (χ2v) is 9.36. The van der Waals surface area contributed by atoms with Crippen LogP contribution in [0, 0.1) is 0 Å². The van der Waals surface area contributed by atoms with Crippen molar-refractivity contribution in [1.29, 1.82) is 0 Å². The number of aliphatic imine (C=N–C) groups is 2. The molecule has 2 aromatic rings. The Bertz CT molecular complexity index is 1040. The Morgan fingerprint density at radius 1 is 0.733 bits per heavy atom. The SMILES string of the molecule is CN=C1C(c2ccc(C(C)C)cc2)=CC(C)=C(c2ccc(C(C)(C)C)cc2)C1=NC. The molecule has 1 aliphatic carbocycles. The second-order valence-electron chi connectivity index (χ2n) is 9.36. The predicted octanol–water partition coefficient (Wildman–Crippen LogP) is 7.12. The Kier molecular flexibility index (Phi) is 6.26. The first-order valence-electron chi connectivity index (χ1n) is 10.8. The molecule has 1 aliphatic rings. The van der Waals surface area contributed by atoms with Crippen molar-refractivity contribution >= 4 is 22.6 Å². The topological polar surface area (TPSA) is 24.7 Å². The van der Waals surface area contributed by atoms with E-state index >= 15 is 0 Å². The normalized spacial score (nSPS) is 17.8. The fourth-order valence-corrected chi connectivity index (χ4v) is 4.00. The van der Waals surface area contributed by atoms with E-state index < -0.39 is 0 Å². The number of nitrogens with zero attached hydrogens (tertiary/aromatic N) is 2. The lowest BCUT2D eigenvalue weighted by molar-refractivity contribution is 0.590. The van der Waals surface area contributed by atoms with Gasteiger partial charge in [0.05, 0.1) is 11.4 Å². The Morgan fingerprint density at radius 2 is 1.27 bits per heavy atom. The molecule has 3 rings (SSSR count). The van der Waals surface area contributed by atoms with Gasteiger partial charge in [-0.2, -0.15) is 0 Å². The average Bonchev–Trinajstić information content (AvgIpc) is 2.72. The van der Waals surface area contributed by atoms with Crippen LogP contribution in [-0.4, -0.2) is 25.5 Å². The number of allylic oxidation sites excluding steroid dienone is 4. The molecule has 0 spiro atoms. The molecule has 0 saturated heterocycles. The minimum Gasteiger partial charge on any atom is -0.286 e. The first-order chi connectivity index (χ1) is 14.2. The van der Waals surface area contributed by atoms with E-state index in [-0.39, 0.29) is 5.41 Å². The lowest BCUT2D eigenvalue weighted by atomic mass is 9.81. The summed E-state index contributed by atoms with van der Waals surface area (Å²) in [5.74, 6) is 0.524. The highest BCUT2D eigenvalue weighted by atomic mass is 14.8. The van der Waals surface area contributed by atoms with Gasteiger partial charge in [-0.15, -0.1) is 0 Å². The van der Waals surface area contributed by atoms with Crippen molar-refractivity contribution in [2.24, 2.45) is 9.98 Å². The summed E-state index contributed by atoms with van der Waals surface area (Å²) in [5, 5.41) is 0. The summed E-state index contributed by atoms with van der Waals surface area (Å²) in [5.41, 5.74) is 10.6. The van der Waals surface area contributed by atoms with Gasteiger partial charge in [-0.3, -0.25) is 9.98 Å². The van der Waals surface area contributed by atoms with E-state index in [1.165, 1.54) is 33.4 Å². The lowest BCUT2D eigenvalue weighted by Crippen LogP contribution is -2.22. The van der Waals surface area contributed by atoms with E-state index in [4.69, 9.17) is 0 Å². The van der Waals surface area contributed by atoms with Crippen LogP contribution in [0.3, 0.4) is 0 Å². The van der Waals surface area contributed by atoms with Gasteiger partial charge in [0.25, 0.3) is 0 Å². The molecular formula is C28H34N2. The van der Waals surface area contributed by atoms with Crippen molar-refractivity contribution in [2.75, 3.05) is 14.1 Å². The maximum atomic E-state index is 4.69. The quantitative estimate of drug-likeness (QED) is 0.492. The molecule has 30 heavy (non-hydrogen) atoms. The zero-order valence-corrected chi connectivity index (χ0v) is 19.7. The molecule has 156 valence electrons. The number of hydrogen-bond acceptors (Lipinski definition) is 2. The van der Waals surface area contributed by atoms with Crippen molar-refractivity contribution < 1.29 is 0 Å². The smallest absolute Gasteiger partial charge is 0.0910 e. The highest BCUT2D eigenvalue weighted by Crippen LogP contribution is 2.34. The number of hydrogen-bond donors (Lipinski definition) is 0. The summed E-state index contributed by atoms with van der Waals surface area (Å²) < 4.78 is 0. The minimum atomic E-state index is 0.140. The molecule has 0 heterocycles. The first kappa shape index (κ1) is 22.0.